The first-order chi connectivity index (χ1) is 8.72. The Morgan fingerprint density at radius 3 is 2.17 bits per heavy atom. The predicted octanol–water partition coefficient (Wildman–Crippen LogP) is 4.28. The molecule has 18 heavy (non-hydrogen) atoms. The molecule has 1 heterocycles. The van der Waals surface area contributed by atoms with Gasteiger partial charge >= 0.3 is 0 Å². The lowest BCUT2D eigenvalue weighted by Gasteiger charge is -2.11. The van der Waals surface area contributed by atoms with E-state index in [2.05, 4.69) is 43.2 Å². The topological polar surface area (TPSA) is 37.8 Å². The molecule has 1 N–H and O–H groups in total. The second-order valence-electron chi connectivity index (χ2n) is 4.93. The summed E-state index contributed by atoms with van der Waals surface area (Å²) < 4.78 is 0. The van der Waals surface area contributed by atoms with Gasteiger partial charge in [0.1, 0.15) is 10.0 Å². The van der Waals surface area contributed by atoms with Crippen LogP contribution in [0.1, 0.15) is 81.8 Å². The van der Waals surface area contributed by atoms with Crippen molar-refractivity contribution in [2.24, 2.45) is 0 Å². The van der Waals surface area contributed by atoms with Crippen LogP contribution in [0.2, 0.25) is 0 Å². The van der Waals surface area contributed by atoms with Crippen LogP contribution in [0.25, 0.3) is 0 Å². The van der Waals surface area contributed by atoms with E-state index < -0.39 is 0 Å². The first-order valence-corrected chi connectivity index (χ1v) is 8.11. The van der Waals surface area contributed by atoms with Gasteiger partial charge in [-0.2, -0.15) is 0 Å². The lowest BCUT2D eigenvalue weighted by Crippen LogP contribution is -2.19. The Labute approximate surface area is 115 Å². The van der Waals surface area contributed by atoms with Crippen LogP contribution >= 0.6 is 11.3 Å². The molecule has 3 nitrogen and oxygen atoms in total. The van der Waals surface area contributed by atoms with Crippen molar-refractivity contribution in [2.75, 3.05) is 6.54 Å². The smallest absolute Gasteiger partial charge is 0.134 e. The lowest BCUT2D eigenvalue weighted by molar-refractivity contribution is 0.549. The molecule has 1 unspecified atom stereocenters. The number of nitrogens with one attached hydrogen (secondary N) is 1. The van der Waals surface area contributed by atoms with Crippen LogP contribution in [-0.2, 0) is 0 Å². The summed E-state index contributed by atoms with van der Waals surface area (Å²) in [6, 6.07) is 0.333. The first-order valence-electron chi connectivity index (χ1n) is 7.29. The monoisotopic (exact) mass is 269 g/mol. The third-order valence-corrected chi connectivity index (χ3v) is 4.42. The van der Waals surface area contributed by atoms with Crippen molar-refractivity contribution in [3.05, 3.63) is 10.0 Å². The van der Waals surface area contributed by atoms with Gasteiger partial charge in [0.05, 0.1) is 6.04 Å². The average molecular weight is 269 g/mol. The second kappa shape index (κ2) is 8.59. The number of hydrogen-bond acceptors (Lipinski definition) is 4. The maximum Gasteiger partial charge on any atom is 0.134 e. The summed E-state index contributed by atoms with van der Waals surface area (Å²) in [7, 11) is 0. The molecule has 0 aromatic carbocycles. The Morgan fingerprint density at radius 1 is 1.00 bits per heavy atom. The fraction of sp³-hybridized carbons (Fsp3) is 0.857. The molecule has 4 heteroatoms. The fourth-order valence-corrected chi connectivity index (χ4v) is 3.16. The van der Waals surface area contributed by atoms with Gasteiger partial charge in [-0.05, 0) is 32.7 Å². The highest BCUT2D eigenvalue weighted by atomic mass is 32.1. The molecule has 1 atom stereocenters. The molecule has 1 aromatic rings. The largest absolute Gasteiger partial charge is 0.308 e. The molecule has 0 saturated heterocycles. The predicted molar refractivity (Wildman–Crippen MR) is 79.2 cm³/mol. The lowest BCUT2D eigenvalue weighted by atomic mass is 9.99. The summed E-state index contributed by atoms with van der Waals surface area (Å²) in [5, 5.41) is 14.6. The van der Waals surface area contributed by atoms with Gasteiger partial charge in [0.25, 0.3) is 0 Å². The van der Waals surface area contributed by atoms with Crippen molar-refractivity contribution in [2.45, 2.75) is 71.8 Å². The fourth-order valence-electron chi connectivity index (χ4n) is 2.12. The maximum atomic E-state index is 4.41. The van der Waals surface area contributed by atoms with E-state index in [9.17, 15) is 0 Å². The molecule has 1 rings (SSSR count). The number of hydrogen-bond donors (Lipinski definition) is 1. The van der Waals surface area contributed by atoms with Gasteiger partial charge in [-0.3, -0.25) is 0 Å². The molecule has 0 radical (unpaired) electrons. The first kappa shape index (κ1) is 15.6. The van der Waals surface area contributed by atoms with E-state index in [-0.39, 0.29) is 0 Å². The van der Waals surface area contributed by atoms with Crippen LogP contribution in [0.15, 0.2) is 0 Å². The minimum absolute atomic E-state index is 0.333. The Morgan fingerprint density at radius 2 is 1.61 bits per heavy atom. The summed E-state index contributed by atoms with van der Waals surface area (Å²) in [6.07, 6.45) is 6.08. The van der Waals surface area contributed by atoms with Gasteiger partial charge in [-0.15, -0.1) is 10.2 Å². The molecule has 0 spiro atoms. The molecule has 0 aliphatic heterocycles. The number of aromatic nitrogens is 2. The van der Waals surface area contributed by atoms with E-state index in [1.807, 2.05) is 0 Å². The summed E-state index contributed by atoms with van der Waals surface area (Å²) >= 11 is 1.79. The molecule has 0 saturated carbocycles. The third kappa shape index (κ3) is 4.65. The minimum atomic E-state index is 0.333. The van der Waals surface area contributed by atoms with Gasteiger partial charge in [-0.25, -0.2) is 0 Å². The van der Waals surface area contributed by atoms with Crippen molar-refractivity contribution in [3.63, 3.8) is 0 Å². The van der Waals surface area contributed by atoms with Crippen LogP contribution in [0, 0.1) is 0 Å². The van der Waals surface area contributed by atoms with Gasteiger partial charge in [0.15, 0.2) is 0 Å². The van der Waals surface area contributed by atoms with Crippen molar-refractivity contribution < 1.29 is 0 Å². The number of nitrogens with zero attached hydrogens (tertiary/aromatic N) is 2. The zero-order valence-electron chi connectivity index (χ0n) is 12.2. The standard InChI is InChI=1S/C14H27N3S/c1-5-8-12(9-6-2)14-17-16-13(18-14)11(4)15-10-7-3/h11-12,15H,5-10H2,1-4H3. The van der Waals surface area contributed by atoms with Crippen molar-refractivity contribution in [3.8, 4) is 0 Å². The highest BCUT2D eigenvalue weighted by Crippen LogP contribution is 2.30. The second-order valence-corrected chi connectivity index (χ2v) is 5.97. The zero-order valence-corrected chi connectivity index (χ0v) is 13.0. The Balaban J connectivity index is 2.64. The van der Waals surface area contributed by atoms with E-state index >= 15 is 0 Å². The highest BCUT2D eigenvalue weighted by Gasteiger charge is 2.17. The molecule has 0 aliphatic carbocycles. The van der Waals surface area contributed by atoms with E-state index in [0.29, 0.717) is 12.0 Å². The van der Waals surface area contributed by atoms with E-state index in [4.69, 9.17) is 0 Å². The van der Waals surface area contributed by atoms with Gasteiger partial charge in [0.2, 0.25) is 0 Å². The molecule has 0 fully saturated rings. The number of rotatable bonds is 9. The molecule has 0 bridgehead atoms. The summed E-state index contributed by atoms with van der Waals surface area (Å²) in [5.74, 6) is 0.615. The third-order valence-electron chi connectivity index (χ3n) is 3.15. The SMILES string of the molecule is CCCNC(C)c1nnc(C(CCC)CCC)s1. The summed E-state index contributed by atoms with van der Waals surface area (Å²) in [4.78, 5) is 0. The van der Waals surface area contributed by atoms with Crippen molar-refractivity contribution in [1.82, 2.24) is 15.5 Å². The molecule has 0 amide bonds. The van der Waals surface area contributed by atoms with E-state index in [0.717, 1.165) is 18.0 Å². The van der Waals surface area contributed by atoms with Crippen LogP contribution in [0.4, 0.5) is 0 Å². The van der Waals surface area contributed by atoms with Crippen molar-refractivity contribution in [1.29, 1.82) is 0 Å². The molecule has 0 aliphatic rings. The van der Waals surface area contributed by atoms with Crippen LogP contribution in [0.3, 0.4) is 0 Å². The summed E-state index contributed by atoms with van der Waals surface area (Å²) in [6.45, 7) is 9.90. The molecule has 1 aromatic heterocycles. The maximum absolute atomic E-state index is 4.41. The van der Waals surface area contributed by atoms with Gasteiger partial charge < -0.3 is 5.32 Å². The average Bonchev–Trinajstić information content (AvgIpc) is 2.85. The molecular formula is C14H27N3S. The zero-order chi connectivity index (χ0) is 13.4. The van der Waals surface area contributed by atoms with Gasteiger partial charge in [-0.1, -0.05) is 44.9 Å². The molecule has 104 valence electrons. The Kier molecular flexibility index (Phi) is 7.44. The summed E-state index contributed by atoms with van der Waals surface area (Å²) in [5.41, 5.74) is 0. The van der Waals surface area contributed by atoms with Crippen molar-refractivity contribution >= 4 is 11.3 Å². The quantitative estimate of drug-likeness (QED) is 0.727. The minimum Gasteiger partial charge on any atom is -0.308 e. The highest BCUT2D eigenvalue weighted by molar-refractivity contribution is 7.11. The normalized spacial score (nSPS) is 13.2. The molecular weight excluding hydrogens is 242 g/mol. The van der Waals surface area contributed by atoms with Crippen LogP contribution < -0.4 is 5.32 Å². The van der Waals surface area contributed by atoms with E-state index in [1.165, 1.54) is 30.7 Å². The Bertz CT molecular complexity index is 319. The van der Waals surface area contributed by atoms with Gasteiger partial charge in [0, 0.05) is 5.92 Å². The van der Waals surface area contributed by atoms with E-state index in [1.54, 1.807) is 11.3 Å². The van der Waals surface area contributed by atoms with Crippen LogP contribution in [0.5, 0.6) is 0 Å². The van der Waals surface area contributed by atoms with Crippen LogP contribution in [-0.4, -0.2) is 16.7 Å². The Hall–Kier alpha value is -0.480.